The van der Waals surface area contributed by atoms with Crippen molar-refractivity contribution in [2.75, 3.05) is 30.9 Å². The number of methoxy groups -OCH3 is 1. The van der Waals surface area contributed by atoms with Crippen LogP contribution >= 0.6 is 11.8 Å². The number of carbonyl (C=O) groups excluding carboxylic acids is 2. The summed E-state index contributed by atoms with van der Waals surface area (Å²) in [4.78, 5) is 28.4. The highest BCUT2D eigenvalue weighted by Crippen LogP contribution is 2.54. The number of aryl methyl sites for hydroxylation is 1. The van der Waals surface area contributed by atoms with Gasteiger partial charge in [-0.05, 0) is 30.7 Å². The molecule has 1 spiro atoms. The molecule has 29 heavy (non-hydrogen) atoms. The summed E-state index contributed by atoms with van der Waals surface area (Å²) in [6, 6.07) is 9.26. The lowest BCUT2D eigenvalue weighted by molar-refractivity contribution is -0.143. The first-order valence-electron chi connectivity index (χ1n) is 9.19. The topological polar surface area (TPSA) is 49.9 Å². The molecule has 152 valence electrons. The number of nitrogens with zero attached hydrogens (tertiary/aromatic N) is 2. The van der Waals surface area contributed by atoms with Crippen LogP contribution in [0.25, 0.3) is 0 Å². The average Bonchev–Trinajstić information content (AvgIpc) is 3.22. The minimum Gasteiger partial charge on any atom is -0.375 e. The molecule has 0 saturated carbocycles. The molecule has 1 fully saturated rings. The highest BCUT2D eigenvalue weighted by Gasteiger charge is 2.59. The summed E-state index contributed by atoms with van der Waals surface area (Å²) in [6.45, 7) is 2.34. The standard InChI is InChI=1S/C21H20F2N2O3S/c1-13-3-6-18-15(9-13)21(25(7-8-29-21)19(26)12-28-2)20(27)24(18)11-14-4-5-16(22)17(23)10-14/h3-6,9-10H,7-8,11-12H2,1-2H3. The van der Waals surface area contributed by atoms with Crippen LogP contribution < -0.4 is 4.90 Å². The number of anilines is 1. The minimum atomic E-state index is -1.16. The highest BCUT2D eigenvalue weighted by atomic mass is 32.2. The van der Waals surface area contributed by atoms with E-state index in [-0.39, 0.29) is 25.0 Å². The smallest absolute Gasteiger partial charge is 0.268 e. The molecule has 2 aromatic carbocycles. The number of ether oxygens (including phenoxy) is 1. The molecular formula is C21H20F2N2O3S. The summed E-state index contributed by atoms with van der Waals surface area (Å²) in [5, 5.41) is 0. The number of hydrogen-bond donors (Lipinski definition) is 0. The fraction of sp³-hybridized carbons (Fsp3) is 0.333. The van der Waals surface area contributed by atoms with Gasteiger partial charge < -0.3 is 14.5 Å². The highest BCUT2D eigenvalue weighted by molar-refractivity contribution is 8.01. The lowest BCUT2D eigenvalue weighted by atomic mass is 10.0. The van der Waals surface area contributed by atoms with E-state index in [1.54, 1.807) is 9.80 Å². The van der Waals surface area contributed by atoms with Crippen molar-refractivity contribution in [1.82, 2.24) is 4.90 Å². The van der Waals surface area contributed by atoms with Crippen molar-refractivity contribution in [2.45, 2.75) is 18.3 Å². The van der Waals surface area contributed by atoms with E-state index in [2.05, 4.69) is 0 Å². The molecule has 0 N–H and O–H groups in total. The summed E-state index contributed by atoms with van der Waals surface area (Å²) >= 11 is 1.42. The predicted octanol–water partition coefficient (Wildman–Crippen LogP) is 3.19. The molecule has 2 amide bonds. The van der Waals surface area contributed by atoms with Crippen LogP contribution in [0.4, 0.5) is 14.5 Å². The van der Waals surface area contributed by atoms with Crippen molar-refractivity contribution in [3.8, 4) is 0 Å². The Morgan fingerprint density at radius 1 is 1.21 bits per heavy atom. The van der Waals surface area contributed by atoms with E-state index in [0.29, 0.717) is 23.5 Å². The number of thioether (sulfide) groups is 1. The zero-order chi connectivity index (χ0) is 20.8. The minimum absolute atomic E-state index is 0.0840. The van der Waals surface area contributed by atoms with Crippen LogP contribution in [0.15, 0.2) is 36.4 Å². The number of hydrogen-bond acceptors (Lipinski definition) is 4. The molecule has 0 aliphatic carbocycles. The molecule has 5 nitrogen and oxygen atoms in total. The van der Waals surface area contributed by atoms with E-state index in [1.807, 2.05) is 25.1 Å². The molecule has 2 heterocycles. The maximum atomic E-state index is 13.7. The SMILES string of the molecule is COCC(=O)N1CCSC12C(=O)N(Cc1ccc(F)c(F)c1)c1ccc(C)cc12. The second kappa shape index (κ2) is 7.42. The number of fused-ring (bicyclic) bond motifs is 2. The van der Waals surface area contributed by atoms with Gasteiger partial charge in [0.15, 0.2) is 16.5 Å². The van der Waals surface area contributed by atoms with Crippen molar-refractivity contribution in [1.29, 1.82) is 0 Å². The molecule has 0 radical (unpaired) electrons. The van der Waals surface area contributed by atoms with E-state index >= 15 is 0 Å². The third kappa shape index (κ3) is 3.11. The molecule has 1 unspecified atom stereocenters. The Morgan fingerprint density at radius 2 is 2.00 bits per heavy atom. The second-order valence-electron chi connectivity index (χ2n) is 7.13. The van der Waals surface area contributed by atoms with Crippen LogP contribution in [-0.4, -0.2) is 42.7 Å². The summed E-state index contributed by atoms with van der Waals surface area (Å²) in [7, 11) is 1.44. The molecule has 2 aliphatic rings. The Balaban J connectivity index is 1.79. The third-order valence-electron chi connectivity index (χ3n) is 5.24. The molecule has 8 heteroatoms. The monoisotopic (exact) mass is 418 g/mol. The first kappa shape index (κ1) is 19.8. The molecule has 0 aromatic heterocycles. The van der Waals surface area contributed by atoms with Crippen molar-refractivity contribution in [3.05, 3.63) is 64.7 Å². The summed E-state index contributed by atoms with van der Waals surface area (Å²) in [6.07, 6.45) is 0. The van der Waals surface area contributed by atoms with Gasteiger partial charge in [0.1, 0.15) is 6.61 Å². The molecule has 1 atom stereocenters. The Kier molecular flexibility index (Phi) is 5.08. The van der Waals surface area contributed by atoms with Gasteiger partial charge in [-0.2, -0.15) is 0 Å². The molecule has 0 bridgehead atoms. The molecule has 4 rings (SSSR count). The van der Waals surface area contributed by atoms with Gasteiger partial charge in [-0.3, -0.25) is 9.59 Å². The fourth-order valence-corrected chi connectivity index (χ4v) is 5.43. The van der Waals surface area contributed by atoms with Gasteiger partial charge in [0.25, 0.3) is 5.91 Å². The van der Waals surface area contributed by atoms with Gasteiger partial charge in [0.05, 0.1) is 12.2 Å². The Morgan fingerprint density at radius 3 is 2.72 bits per heavy atom. The number of carbonyl (C=O) groups is 2. The van der Waals surface area contributed by atoms with E-state index in [1.165, 1.54) is 24.9 Å². The van der Waals surface area contributed by atoms with Crippen molar-refractivity contribution >= 4 is 29.3 Å². The summed E-state index contributed by atoms with van der Waals surface area (Å²) in [5.74, 6) is -1.78. The van der Waals surface area contributed by atoms with E-state index in [0.717, 1.165) is 23.3 Å². The molecule has 2 aromatic rings. The van der Waals surface area contributed by atoms with E-state index < -0.39 is 16.5 Å². The normalized spacial score (nSPS) is 20.6. The lowest BCUT2D eigenvalue weighted by Gasteiger charge is -2.33. The van der Waals surface area contributed by atoms with E-state index in [9.17, 15) is 18.4 Å². The zero-order valence-electron chi connectivity index (χ0n) is 16.1. The van der Waals surface area contributed by atoms with Crippen molar-refractivity contribution < 1.29 is 23.1 Å². The Bertz CT molecular complexity index is 1000. The number of rotatable bonds is 4. The summed E-state index contributed by atoms with van der Waals surface area (Å²) in [5.41, 5.74) is 2.86. The second-order valence-corrected chi connectivity index (χ2v) is 8.42. The van der Waals surface area contributed by atoms with Crippen molar-refractivity contribution in [2.24, 2.45) is 0 Å². The van der Waals surface area contributed by atoms with Crippen LogP contribution in [0.1, 0.15) is 16.7 Å². The average molecular weight is 418 g/mol. The summed E-state index contributed by atoms with van der Waals surface area (Å²) < 4.78 is 32.0. The van der Waals surface area contributed by atoms with Gasteiger partial charge in [-0.15, -0.1) is 11.8 Å². The van der Waals surface area contributed by atoms with Gasteiger partial charge in [-0.1, -0.05) is 23.8 Å². The van der Waals surface area contributed by atoms with Crippen LogP contribution in [-0.2, 0) is 25.7 Å². The van der Waals surface area contributed by atoms with Crippen LogP contribution in [0, 0.1) is 18.6 Å². The maximum Gasteiger partial charge on any atom is 0.268 e. The van der Waals surface area contributed by atoms with Crippen LogP contribution in [0.5, 0.6) is 0 Å². The number of benzene rings is 2. The molecule has 1 saturated heterocycles. The first-order valence-corrected chi connectivity index (χ1v) is 10.2. The van der Waals surface area contributed by atoms with Gasteiger partial charge in [0, 0.05) is 25.0 Å². The largest absolute Gasteiger partial charge is 0.375 e. The lowest BCUT2D eigenvalue weighted by Crippen LogP contribution is -2.51. The Hall–Kier alpha value is -2.45. The third-order valence-corrected chi connectivity index (χ3v) is 6.66. The maximum absolute atomic E-state index is 13.7. The molecule has 2 aliphatic heterocycles. The predicted molar refractivity (Wildman–Crippen MR) is 106 cm³/mol. The first-order chi connectivity index (χ1) is 13.9. The van der Waals surface area contributed by atoms with Gasteiger partial charge in [-0.25, -0.2) is 8.78 Å². The van der Waals surface area contributed by atoms with Gasteiger partial charge in [0.2, 0.25) is 5.91 Å². The zero-order valence-corrected chi connectivity index (χ0v) is 16.9. The van der Waals surface area contributed by atoms with Crippen LogP contribution in [0.2, 0.25) is 0 Å². The Labute approximate surface area is 171 Å². The van der Waals surface area contributed by atoms with E-state index in [4.69, 9.17) is 4.74 Å². The van der Waals surface area contributed by atoms with Gasteiger partial charge >= 0.3 is 0 Å². The van der Waals surface area contributed by atoms with Crippen LogP contribution in [0.3, 0.4) is 0 Å². The number of halogens is 2. The quantitative estimate of drug-likeness (QED) is 0.765. The number of amides is 2. The van der Waals surface area contributed by atoms with Crippen molar-refractivity contribution in [3.63, 3.8) is 0 Å². The molecular weight excluding hydrogens is 398 g/mol. The fourth-order valence-electron chi connectivity index (χ4n) is 3.96.